The van der Waals surface area contributed by atoms with Gasteiger partial charge in [-0.25, -0.2) is 0 Å². The van der Waals surface area contributed by atoms with Crippen molar-refractivity contribution in [1.82, 2.24) is 0 Å². The molecular formula is C3H6Zn. The summed E-state index contributed by atoms with van der Waals surface area (Å²) in [4.78, 5) is 0. The monoisotopic (exact) mass is 106 g/mol. The molecule has 0 saturated heterocycles. The maximum atomic E-state index is 1.50. The Labute approximate surface area is 39.3 Å². The second kappa shape index (κ2) is 1.90. The van der Waals surface area contributed by atoms with E-state index in [9.17, 15) is 0 Å². The maximum absolute atomic E-state index is 1.50. The van der Waals surface area contributed by atoms with Gasteiger partial charge in [-0.2, -0.15) is 0 Å². The summed E-state index contributed by atoms with van der Waals surface area (Å²) in [5.74, 6) is 0. The fourth-order valence-electron chi connectivity index (χ4n) is 0. The minimum Gasteiger partial charge on any atom is -0.0533 e. The zero-order valence-electron chi connectivity index (χ0n) is 2.83. The van der Waals surface area contributed by atoms with Crippen LogP contribution in [0.3, 0.4) is 0 Å². The fourth-order valence-corrected chi connectivity index (χ4v) is 0. The number of hydrogen-bond donors (Lipinski definition) is 0. The molecule has 0 aromatic heterocycles. The zero-order chi connectivity index (χ0) is 2.12. The van der Waals surface area contributed by atoms with Crippen molar-refractivity contribution >= 4 is 0 Å². The van der Waals surface area contributed by atoms with Gasteiger partial charge >= 0.3 is 0 Å². The van der Waals surface area contributed by atoms with Gasteiger partial charge in [0.05, 0.1) is 0 Å². The first-order valence-corrected chi connectivity index (χ1v) is 1.50. The third-order valence-electron chi connectivity index (χ3n) is 0.354. The molecule has 1 saturated carbocycles. The van der Waals surface area contributed by atoms with Crippen LogP contribution in [0.2, 0.25) is 0 Å². The molecular weight excluding hydrogens is 101 g/mol. The van der Waals surface area contributed by atoms with Gasteiger partial charge in [0.1, 0.15) is 0 Å². The fraction of sp³-hybridized carbons (Fsp3) is 1.00. The summed E-state index contributed by atoms with van der Waals surface area (Å²) < 4.78 is 0. The van der Waals surface area contributed by atoms with Gasteiger partial charge in [-0.15, -0.1) is 0 Å². The first-order chi connectivity index (χ1) is 1.50. The Morgan fingerprint density at radius 1 is 0.750 bits per heavy atom. The summed E-state index contributed by atoms with van der Waals surface area (Å²) in [5.41, 5.74) is 0. The van der Waals surface area contributed by atoms with Crippen molar-refractivity contribution in [2.24, 2.45) is 0 Å². The number of hydrogen-bond acceptors (Lipinski definition) is 0. The third kappa shape index (κ3) is 2.62. The molecule has 1 aliphatic rings. The van der Waals surface area contributed by atoms with Gasteiger partial charge in [0, 0.05) is 19.5 Å². The SMILES string of the molecule is C1CC1.[Zn]. The Hall–Kier alpha value is 0.623. The van der Waals surface area contributed by atoms with Crippen LogP contribution >= 0.6 is 0 Å². The molecule has 0 spiro atoms. The van der Waals surface area contributed by atoms with Crippen LogP contribution in [0.1, 0.15) is 19.3 Å². The smallest absolute Gasteiger partial charge is 0 e. The second-order valence-corrected chi connectivity index (χ2v) is 1.06. The zero-order valence-corrected chi connectivity index (χ0v) is 5.80. The van der Waals surface area contributed by atoms with E-state index >= 15 is 0 Å². The molecule has 4 heavy (non-hydrogen) atoms. The van der Waals surface area contributed by atoms with Crippen LogP contribution in [0.15, 0.2) is 0 Å². The van der Waals surface area contributed by atoms with Gasteiger partial charge in [0.2, 0.25) is 0 Å². The van der Waals surface area contributed by atoms with Gasteiger partial charge in [-0.3, -0.25) is 0 Å². The molecule has 0 atom stereocenters. The summed E-state index contributed by atoms with van der Waals surface area (Å²) in [5, 5.41) is 0. The first-order valence-electron chi connectivity index (χ1n) is 1.50. The minimum absolute atomic E-state index is 0. The molecule has 1 aliphatic carbocycles. The molecule has 1 heteroatoms. The molecule has 0 aromatic rings. The molecule has 1 fully saturated rings. The summed E-state index contributed by atoms with van der Waals surface area (Å²) in [7, 11) is 0. The quantitative estimate of drug-likeness (QED) is 0.408. The average molecular weight is 107 g/mol. The number of rotatable bonds is 0. The maximum Gasteiger partial charge on any atom is 0 e. The van der Waals surface area contributed by atoms with Crippen molar-refractivity contribution in [1.29, 1.82) is 0 Å². The molecule has 0 N–H and O–H groups in total. The largest absolute Gasteiger partial charge is 0.0533 e. The predicted octanol–water partition coefficient (Wildman–Crippen LogP) is 1.17. The minimum atomic E-state index is 0. The normalized spacial score (nSPS) is 18.0. The van der Waals surface area contributed by atoms with E-state index in [-0.39, 0.29) is 19.5 Å². The Bertz CT molecular complexity index is 8.00. The molecule has 0 aromatic carbocycles. The van der Waals surface area contributed by atoms with Crippen molar-refractivity contribution in [2.75, 3.05) is 0 Å². The van der Waals surface area contributed by atoms with E-state index in [0.717, 1.165) is 0 Å². The van der Waals surface area contributed by atoms with Crippen LogP contribution in [-0.2, 0) is 19.5 Å². The van der Waals surface area contributed by atoms with Gasteiger partial charge in [0.25, 0.3) is 0 Å². The molecule has 0 amide bonds. The molecule has 0 heterocycles. The standard InChI is InChI=1S/C3H6.Zn/c1-2-3-1;/h1-3H2;. The molecule has 0 bridgehead atoms. The Balaban J connectivity index is 0.0000000900. The van der Waals surface area contributed by atoms with Crippen molar-refractivity contribution in [3.8, 4) is 0 Å². The van der Waals surface area contributed by atoms with Crippen molar-refractivity contribution in [3.63, 3.8) is 0 Å². The molecule has 0 unspecified atom stereocenters. The Morgan fingerprint density at radius 2 is 1.00 bits per heavy atom. The van der Waals surface area contributed by atoms with Crippen LogP contribution < -0.4 is 0 Å². The van der Waals surface area contributed by atoms with Crippen LogP contribution in [0.4, 0.5) is 0 Å². The van der Waals surface area contributed by atoms with Crippen LogP contribution in [0, 0.1) is 0 Å². The van der Waals surface area contributed by atoms with E-state index in [1.54, 1.807) is 0 Å². The third-order valence-corrected chi connectivity index (χ3v) is 0.354. The summed E-state index contributed by atoms with van der Waals surface area (Å²) in [6.07, 6.45) is 4.50. The van der Waals surface area contributed by atoms with Gasteiger partial charge in [-0.1, -0.05) is 19.3 Å². The van der Waals surface area contributed by atoms with E-state index in [1.165, 1.54) is 19.3 Å². The van der Waals surface area contributed by atoms with Gasteiger partial charge < -0.3 is 0 Å². The summed E-state index contributed by atoms with van der Waals surface area (Å²) >= 11 is 0. The Morgan fingerprint density at radius 3 is 1.00 bits per heavy atom. The van der Waals surface area contributed by atoms with Crippen LogP contribution in [0.25, 0.3) is 0 Å². The second-order valence-electron chi connectivity index (χ2n) is 1.06. The Kier molecular flexibility index (Phi) is 2.20. The molecule has 0 nitrogen and oxygen atoms in total. The van der Waals surface area contributed by atoms with E-state index in [4.69, 9.17) is 0 Å². The van der Waals surface area contributed by atoms with Crippen molar-refractivity contribution < 1.29 is 19.5 Å². The van der Waals surface area contributed by atoms with Crippen LogP contribution in [0.5, 0.6) is 0 Å². The molecule has 0 radical (unpaired) electrons. The topological polar surface area (TPSA) is 0 Å². The predicted molar refractivity (Wildman–Crippen MR) is 13.9 cm³/mol. The van der Waals surface area contributed by atoms with E-state index in [1.807, 2.05) is 0 Å². The van der Waals surface area contributed by atoms with Crippen molar-refractivity contribution in [3.05, 3.63) is 0 Å². The van der Waals surface area contributed by atoms with E-state index < -0.39 is 0 Å². The first kappa shape index (κ1) is 4.62. The van der Waals surface area contributed by atoms with Gasteiger partial charge in [0.15, 0.2) is 0 Å². The summed E-state index contributed by atoms with van der Waals surface area (Å²) in [6.45, 7) is 0. The molecule has 0 aliphatic heterocycles. The summed E-state index contributed by atoms with van der Waals surface area (Å²) in [6, 6.07) is 0. The van der Waals surface area contributed by atoms with E-state index in [0.29, 0.717) is 0 Å². The average Bonchev–Trinajstić information content (AvgIpc) is 1.46. The van der Waals surface area contributed by atoms with Crippen LogP contribution in [-0.4, -0.2) is 0 Å². The van der Waals surface area contributed by atoms with E-state index in [2.05, 4.69) is 0 Å². The van der Waals surface area contributed by atoms with Crippen molar-refractivity contribution in [2.45, 2.75) is 19.3 Å². The molecule has 20 valence electrons. The van der Waals surface area contributed by atoms with Gasteiger partial charge in [-0.05, 0) is 0 Å². The molecule has 1 rings (SSSR count).